The molecule has 0 amide bonds. The van der Waals surface area contributed by atoms with Gasteiger partial charge in [0.05, 0.1) is 16.2 Å². The lowest BCUT2D eigenvalue weighted by atomic mass is 10.1. The van der Waals surface area contributed by atoms with Crippen molar-refractivity contribution in [3.05, 3.63) is 29.8 Å². The Balaban J connectivity index is 3.13. The maximum absolute atomic E-state index is 11.7. The first-order valence-electron chi connectivity index (χ1n) is 5.29. The van der Waals surface area contributed by atoms with E-state index in [9.17, 15) is 22.0 Å². The summed E-state index contributed by atoms with van der Waals surface area (Å²) in [4.78, 5) is 17.5. The zero-order valence-electron chi connectivity index (χ0n) is 10.7. The van der Waals surface area contributed by atoms with Crippen molar-refractivity contribution in [1.82, 2.24) is 10.2 Å². The lowest BCUT2D eigenvalue weighted by Crippen LogP contribution is -2.33. The minimum absolute atomic E-state index is 0.0421. The van der Waals surface area contributed by atoms with E-state index in [1.807, 2.05) is 0 Å². The Labute approximate surface area is 118 Å². The number of hydrogen-bond acceptors (Lipinski definition) is 7. The number of hydrogen-bond donors (Lipinski definition) is 2. The van der Waals surface area contributed by atoms with E-state index in [2.05, 4.69) is 10.2 Å². The zero-order chi connectivity index (χ0) is 15.3. The smallest absolute Gasteiger partial charge is 0.347 e. The molecule has 0 aliphatic rings. The highest BCUT2D eigenvalue weighted by Gasteiger charge is 2.26. The molecule has 0 heterocycles. The maximum atomic E-state index is 11.7. The van der Waals surface area contributed by atoms with Gasteiger partial charge in [-0.1, -0.05) is 23.1 Å². The summed E-state index contributed by atoms with van der Waals surface area (Å²) in [7, 11) is -2.13. The van der Waals surface area contributed by atoms with Gasteiger partial charge in [-0.2, -0.15) is 0 Å². The van der Waals surface area contributed by atoms with Crippen molar-refractivity contribution in [2.24, 2.45) is 0 Å². The molecule has 0 aromatic heterocycles. The summed E-state index contributed by atoms with van der Waals surface area (Å²) in [5.74, 6) is -0.979. The fourth-order valence-corrected chi connectivity index (χ4v) is 2.68. The molecule has 0 radical (unpaired) electrons. The molecule has 0 fully saturated rings. The molecule has 0 spiro atoms. The van der Waals surface area contributed by atoms with Gasteiger partial charge in [-0.05, 0) is 18.7 Å². The van der Waals surface area contributed by atoms with E-state index in [-0.39, 0.29) is 10.5 Å². The van der Waals surface area contributed by atoms with Crippen LogP contribution in [0, 0.1) is 0 Å². The van der Waals surface area contributed by atoms with Crippen LogP contribution in [0.2, 0.25) is 0 Å². The van der Waals surface area contributed by atoms with Crippen molar-refractivity contribution in [2.75, 3.05) is 13.3 Å². The fraction of sp³-hybridized carbons (Fsp3) is 0.300. The SMILES string of the molecule is CNC(C(=O)ONS(=O)[O-])c1ccccc1S(C)(=O)=O. The normalized spacial score (nSPS) is 14.6. The van der Waals surface area contributed by atoms with Crippen molar-refractivity contribution in [2.45, 2.75) is 10.9 Å². The molecule has 0 bridgehead atoms. The van der Waals surface area contributed by atoms with Gasteiger partial charge < -0.3 is 14.7 Å². The van der Waals surface area contributed by atoms with Gasteiger partial charge in [0.15, 0.2) is 9.84 Å². The highest BCUT2D eigenvalue weighted by Crippen LogP contribution is 2.23. The lowest BCUT2D eigenvalue weighted by molar-refractivity contribution is -0.149. The molecule has 0 aliphatic carbocycles. The van der Waals surface area contributed by atoms with Gasteiger partial charge >= 0.3 is 5.97 Å². The first-order valence-corrected chi connectivity index (χ1v) is 8.26. The van der Waals surface area contributed by atoms with Crippen LogP contribution >= 0.6 is 0 Å². The Hall–Kier alpha value is -1.33. The second kappa shape index (κ2) is 6.90. The molecule has 0 saturated carbocycles. The summed E-state index contributed by atoms with van der Waals surface area (Å²) < 4.78 is 43.9. The van der Waals surface area contributed by atoms with E-state index in [0.29, 0.717) is 0 Å². The maximum Gasteiger partial charge on any atom is 0.347 e. The number of nitrogens with one attached hydrogen (secondary N) is 2. The summed E-state index contributed by atoms with van der Waals surface area (Å²) in [6, 6.07) is 4.73. The summed E-state index contributed by atoms with van der Waals surface area (Å²) in [5, 5.41) is 2.57. The van der Waals surface area contributed by atoms with Crippen LogP contribution in [-0.2, 0) is 30.7 Å². The number of carbonyl (C=O) groups excluding carboxylic acids is 1. The van der Waals surface area contributed by atoms with Crippen LogP contribution in [0.1, 0.15) is 11.6 Å². The summed E-state index contributed by atoms with van der Waals surface area (Å²) in [5.41, 5.74) is 0.168. The molecule has 1 aromatic rings. The third kappa shape index (κ3) is 4.35. The predicted octanol–water partition coefficient (Wildman–Crippen LogP) is -0.807. The average Bonchev–Trinajstić information content (AvgIpc) is 2.36. The van der Waals surface area contributed by atoms with Gasteiger partial charge in [0, 0.05) is 6.26 Å². The van der Waals surface area contributed by atoms with Gasteiger partial charge in [0.2, 0.25) is 0 Å². The highest BCUT2D eigenvalue weighted by atomic mass is 32.2. The summed E-state index contributed by atoms with van der Waals surface area (Å²) in [6.07, 6.45) is 1.01. The van der Waals surface area contributed by atoms with E-state index >= 15 is 0 Å². The molecule has 112 valence electrons. The lowest BCUT2D eigenvalue weighted by Gasteiger charge is -2.18. The Morgan fingerprint density at radius 2 is 2.00 bits per heavy atom. The molecule has 10 heteroatoms. The number of benzene rings is 1. The first-order chi connectivity index (χ1) is 9.27. The van der Waals surface area contributed by atoms with E-state index in [0.717, 1.165) is 6.26 Å². The molecular formula is C10H13N2O6S2-. The van der Waals surface area contributed by atoms with E-state index in [4.69, 9.17) is 0 Å². The molecule has 2 N–H and O–H groups in total. The van der Waals surface area contributed by atoms with Crippen LogP contribution in [0.25, 0.3) is 0 Å². The van der Waals surface area contributed by atoms with Crippen LogP contribution in [-0.4, -0.2) is 36.5 Å². The van der Waals surface area contributed by atoms with E-state index in [1.165, 1.54) is 30.1 Å². The van der Waals surface area contributed by atoms with Crippen molar-refractivity contribution in [3.63, 3.8) is 0 Å². The Kier molecular flexibility index (Phi) is 5.77. The molecular weight excluding hydrogens is 308 g/mol. The Bertz CT molecular complexity index is 616. The van der Waals surface area contributed by atoms with Crippen molar-refractivity contribution in [1.29, 1.82) is 0 Å². The molecule has 20 heavy (non-hydrogen) atoms. The summed E-state index contributed by atoms with van der Waals surface area (Å²) in [6.45, 7) is 0. The fourth-order valence-electron chi connectivity index (χ4n) is 1.59. The standard InChI is InChI=1S/C10H14N2O6S2/c1-11-9(10(13)18-12-19(14)15)7-5-3-4-6-8(7)20(2,16)17/h3-6,9,11-12H,1-2H3,(H,14,15)/p-1. The number of likely N-dealkylation sites (N-methyl/N-ethyl adjacent to an activating group) is 1. The van der Waals surface area contributed by atoms with Gasteiger partial charge in [0.1, 0.15) is 6.04 Å². The quantitative estimate of drug-likeness (QED) is 0.518. The van der Waals surface area contributed by atoms with Gasteiger partial charge in [-0.3, -0.25) is 4.21 Å². The summed E-state index contributed by atoms with van der Waals surface area (Å²) >= 11 is -2.77. The second-order valence-corrected chi connectivity index (χ2v) is 6.39. The molecule has 0 aliphatic heterocycles. The van der Waals surface area contributed by atoms with Gasteiger partial charge in [-0.15, -0.1) is 0 Å². The third-order valence-corrected chi connectivity index (χ3v) is 3.75. The van der Waals surface area contributed by atoms with Crippen LogP contribution in [0.3, 0.4) is 0 Å². The largest absolute Gasteiger partial charge is 0.758 e. The van der Waals surface area contributed by atoms with Gasteiger partial charge in [0.25, 0.3) is 0 Å². The Morgan fingerprint density at radius 1 is 1.40 bits per heavy atom. The topological polar surface area (TPSA) is 125 Å². The molecule has 8 nitrogen and oxygen atoms in total. The first kappa shape index (κ1) is 16.7. The van der Waals surface area contributed by atoms with E-state index < -0.39 is 33.1 Å². The van der Waals surface area contributed by atoms with Crippen LogP contribution < -0.4 is 10.2 Å². The minimum atomic E-state index is -3.54. The number of rotatable bonds is 6. The van der Waals surface area contributed by atoms with Crippen LogP contribution in [0.4, 0.5) is 0 Å². The van der Waals surface area contributed by atoms with Gasteiger partial charge in [-0.25, -0.2) is 13.2 Å². The van der Waals surface area contributed by atoms with Crippen LogP contribution in [0.15, 0.2) is 29.2 Å². The highest BCUT2D eigenvalue weighted by molar-refractivity contribution is 7.90. The third-order valence-electron chi connectivity index (χ3n) is 2.36. The predicted molar refractivity (Wildman–Crippen MR) is 69.5 cm³/mol. The van der Waals surface area contributed by atoms with Crippen LogP contribution in [0.5, 0.6) is 0 Å². The van der Waals surface area contributed by atoms with E-state index in [1.54, 1.807) is 6.07 Å². The molecule has 2 unspecified atom stereocenters. The number of carbonyl (C=O) groups is 1. The molecule has 2 atom stereocenters. The minimum Gasteiger partial charge on any atom is -0.758 e. The number of sulfone groups is 1. The molecule has 1 rings (SSSR count). The molecule has 0 saturated heterocycles. The average molecular weight is 321 g/mol. The second-order valence-electron chi connectivity index (χ2n) is 3.77. The monoisotopic (exact) mass is 321 g/mol. The zero-order valence-corrected chi connectivity index (χ0v) is 12.3. The van der Waals surface area contributed by atoms with Crippen molar-refractivity contribution < 1.29 is 26.8 Å². The molecule has 1 aromatic carbocycles. The Morgan fingerprint density at radius 3 is 2.50 bits per heavy atom. The van der Waals surface area contributed by atoms with Crippen molar-refractivity contribution in [3.8, 4) is 0 Å². The van der Waals surface area contributed by atoms with Crippen molar-refractivity contribution >= 4 is 27.1 Å².